The monoisotopic (exact) mass is 207 g/mol. The van der Waals surface area contributed by atoms with Gasteiger partial charge >= 0.3 is 6.03 Å². The Bertz CT molecular complexity index is 408. The second-order valence-corrected chi connectivity index (χ2v) is 2.80. The first-order chi connectivity index (χ1) is 7.36. The topological polar surface area (TPSA) is 85.8 Å². The van der Waals surface area contributed by atoms with E-state index in [0.717, 1.165) is 0 Å². The minimum Gasteiger partial charge on any atom is -0.343 e. The van der Waals surface area contributed by atoms with Gasteiger partial charge in [0.05, 0.1) is 0 Å². The molecule has 0 spiro atoms. The van der Waals surface area contributed by atoms with Crippen LogP contribution in [0.1, 0.15) is 5.82 Å². The van der Waals surface area contributed by atoms with Crippen LogP contribution in [0.25, 0.3) is 0 Å². The minimum absolute atomic E-state index is 0.226. The molecule has 0 fully saturated rings. The number of rotatable bonds is 3. The molecule has 78 valence electrons. The van der Waals surface area contributed by atoms with Gasteiger partial charge in [-0.3, -0.25) is 4.57 Å². The second kappa shape index (κ2) is 4.36. The molecule has 2 aromatic heterocycles. The van der Waals surface area contributed by atoms with Crippen molar-refractivity contribution in [3.05, 3.63) is 30.9 Å². The Labute approximate surface area is 85.1 Å². The molecule has 0 aliphatic heterocycles. The predicted octanol–water partition coefficient (Wildman–Crippen LogP) is 0.0665. The molecule has 1 amide bonds. The van der Waals surface area contributed by atoms with Gasteiger partial charge < -0.3 is 9.84 Å². The van der Waals surface area contributed by atoms with Crippen LogP contribution in [-0.4, -0.2) is 32.3 Å². The van der Waals surface area contributed by atoms with Crippen LogP contribution in [0.4, 0.5) is 4.79 Å². The van der Waals surface area contributed by atoms with Crippen LogP contribution in [0.2, 0.25) is 0 Å². The molecule has 0 radical (unpaired) electrons. The molecule has 0 saturated heterocycles. The fourth-order valence-corrected chi connectivity index (χ4v) is 1.05. The summed E-state index contributed by atoms with van der Waals surface area (Å²) >= 11 is 0. The third-order valence-electron chi connectivity index (χ3n) is 1.77. The third-order valence-corrected chi connectivity index (χ3v) is 1.77. The normalized spacial score (nSPS) is 10.1. The van der Waals surface area contributed by atoms with Gasteiger partial charge in [-0.05, 0) is 0 Å². The van der Waals surface area contributed by atoms with Gasteiger partial charge in [0.1, 0.15) is 6.33 Å². The fourth-order valence-electron chi connectivity index (χ4n) is 1.05. The van der Waals surface area contributed by atoms with Crippen molar-refractivity contribution in [1.82, 2.24) is 25.0 Å². The highest BCUT2D eigenvalue weighted by Gasteiger charge is 2.03. The number of imidazole rings is 1. The molecule has 2 heterocycles. The summed E-state index contributed by atoms with van der Waals surface area (Å²) in [7, 11) is 0. The molecule has 7 heteroatoms. The molecule has 2 aromatic rings. The van der Waals surface area contributed by atoms with Crippen molar-refractivity contribution >= 4 is 6.03 Å². The van der Waals surface area contributed by atoms with Gasteiger partial charge in [-0.2, -0.15) is 4.98 Å². The quantitative estimate of drug-likeness (QED) is 0.769. The van der Waals surface area contributed by atoms with Crippen molar-refractivity contribution in [2.75, 3.05) is 6.54 Å². The first-order valence-corrected chi connectivity index (χ1v) is 4.37. The second-order valence-electron chi connectivity index (χ2n) is 2.80. The Hall–Kier alpha value is -2.18. The molecule has 0 saturated carbocycles. The van der Waals surface area contributed by atoms with Crippen molar-refractivity contribution in [2.24, 2.45) is 0 Å². The highest BCUT2D eigenvalue weighted by molar-refractivity contribution is 5.76. The molecule has 1 N–H and O–H groups in total. The van der Waals surface area contributed by atoms with E-state index in [1.54, 1.807) is 12.4 Å². The van der Waals surface area contributed by atoms with E-state index in [4.69, 9.17) is 0 Å². The molecular formula is C8H9N5O2. The van der Waals surface area contributed by atoms with Gasteiger partial charge in [0.15, 0.2) is 5.82 Å². The van der Waals surface area contributed by atoms with Crippen LogP contribution >= 0.6 is 0 Å². The zero-order valence-corrected chi connectivity index (χ0v) is 7.83. The van der Waals surface area contributed by atoms with Crippen molar-refractivity contribution in [3.8, 4) is 0 Å². The van der Waals surface area contributed by atoms with E-state index in [9.17, 15) is 4.79 Å². The molecule has 2 rings (SSSR count). The number of aromatic nitrogens is 4. The summed E-state index contributed by atoms with van der Waals surface area (Å²) in [6, 6.07) is -0.226. The number of carbonyl (C=O) groups is 1. The zero-order valence-electron chi connectivity index (χ0n) is 7.83. The van der Waals surface area contributed by atoms with Crippen LogP contribution in [-0.2, 0) is 6.42 Å². The summed E-state index contributed by atoms with van der Waals surface area (Å²) in [6.45, 7) is 0.455. The van der Waals surface area contributed by atoms with Crippen LogP contribution in [0.3, 0.4) is 0 Å². The molecule has 0 aliphatic carbocycles. The van der Waals surface area contributed by atoms with E-state index in [1.165, 1.54) is 17.3 Å². The van der Waals surface area contributed by atoms with Crippen molar-refractivity contribution in [3.63, 3.8) is 0 Å². The molecule has 0 unspecified atom stereocenters. The number of amides is 1. The van der Waals surface area contributed by atoms with E-state index in [1.807, 2.05) is 0 Å². The Kier molecular flexibility index (Phi) is 2.72. The summed E-state index contributed by atoms with van der Waals surface area (Å²) in [5, 5.41) is 6.30. The lowest BCUT2D eigenvalue weighted by Gasteiger charge is -2.02. The van der Waals surface area contributed by atoms with E-state index in [-0.39, 0.29) is 6.03 Å². The van der Waals surface area contributed by atoms with Gasteiger partial charge in [-0.15, -0.1) is 0 Å². The SMILES string of the molecule is O=C(NCCc1ncon1)n1ccnc1. The van der Waals surface area contributed by atoms with E-state index in [2.05, 4.69) is 25.0 Å². The smallest absolute Gasteiger partial charge is 0.326 e. The Morgan fingerprint density at radius 3 is 3.20 bits per heavy atom. The summed E-state index contributed by atoms with van der Waals surface area (Å²) in [4.78, 5) is 19.0. The first-order valence-electron chi connectivity index (χ1n) is 4.37. The summed E-state index contributed by atoms with van der Waals surface area (Å²) in [6.07, 6.45) is 6.34. The lowest BCUT2D eigenvalue weighted by Crippen LogP contribution is -2.29. The maximum absolute atomic E-state index is 11.4. The molecular weight excluding hydrogens is 198 g/mol. The van der Waals surface area contributed by atoms with Gasteiger partial charge in [0.2, 0.25) is 6.39 Å². The molecule has 0 aromatic carbocycles. The fraction of sp³-hybridized carbons (Fsp3) is 0.250. The summed E-state index contributed by atoms with van der Waals surface area (Å²) in [5.41, 5.74) is 0. The number of nitrogens with one attached hydrogen (secondary N) is 1. The molecule has 15 heavy (non-hydrogen) atoms. The molecule has 0 aliphatic rings. The van der Waals surface area contributed by atoms with Crippen LogP contribution < -0.4 is 5.32 Å². The van der Waals surface area contributed by atoms with Gasteiger partial charge in [0.25, 0.3) is 0 Å². The van der Waals surface area contributed by atoms with Gasteiger partial charge in [0, 0.05) is 25.4 Å². The first kappa shape index (κ1) is 9.38. The van der Waals surface area contributed by atoms with Crippen molar-refractivity contribution in [1.29, 1.82) is 0 Å². The van der Waals surface area contributed by atoms with Crippen LogP contribution in [0, 0.1) is 0 Å². The Balaban J connectivity index is 1.77. The van der Waals surface area contributed by atoms with Crippen LogP contribution in [0.15, 0.2) is 29.6 Å². The van der Waals surface area contributed by atoms with E-state index < -0.39 is 0 Å². The highest BCUT2D eigenvalue weighted by Crippen LogP contribution is 1.89. The average molecular weight is 207 g/mol. The van der Waals surface area contributed by atoms with Crippen molar-refractivity contribution < 1.29 is 9.32 Å². The van der Waals surface area contributed by atoms with Crippen LogP contribution in [0.5, 0.6) is 0 Å². The number of hydrogen-bond acceptors (Lipinski definition) is 5. The maximum atomic E-state index is 11.4. The standard InChI is InChI=1S/C8H9N5O2/c14-8(13-4-3-9-5-13)10-2-1-7-11-6-15-12-7/h3-6H,1-2H2,(H,10,14). The highest BCUT2D eigenvalue weighted by atomic mass is 16.5. The molecule has 0 bridgehead atoms. The number of hydrogen-bond donors (Lipinski definition) is 1. The lowest BCUT2D eigenvalue weighted by atomic mass is 10.4. The average Bonchev–Trinajstić information content (AvgIpc) is 2.90. The zero-order chi connectivity index (χ0) is 10.5. The maximum Gasteiger partial charge on any atom is 0.326 e. The summed E-state index contributed by atoms with van der Waals surface area (Å²) in [5.74, 6) is 0.570. The minimum atomic E-state index is -0.226. The Morgan fingerprint density at radius 1 is 1.60 bits per heavy atom. The predicted molar refractivity (Wildman–Crippen MR) is 49.0 cm³/mol. The van der Waals surface area contributed by atoms with Gasteiger partial charge in [-0.1, -0.05) is 5.16 Å². The Morgan fingerprint density at radius 2 is 2.53 bits per heavy atom. The van der Waals surface area contributed by atoms with E-state index >= 15 is 0 Å². The lowest BCUT2D eigenvalue weighted by molar-refractivity contribution is 0.242. The number of carbonyl (C=O) groups excluding carboxylic acids is 1. The number of nitrogens with zero attached hydrogens (tertiary/aromatic N) is 4. The summed E-state index contributed by atoms with van der Waals surface area (Å²) < 4.78 is 5.91. The van der Waals surface area contributed by atoms with E-state index in [0.29, 0.717) is 18.8 Å². The third kappa shape index (κ3) is 2.39. The molecule has 0 atom stereocenters. The molecule has 7 nitrogen and oxygen atoms in total. The van der Waals surface area contributed by atoms with Crippen molar-refractivity contribution in [2.45, 2.75) is 6.42 Å². The largest absolute Gasteiger partial charge is 0.343 e. The van der Waals surface area contributed by atoms with Gasteiger partial charge in [-0.25, -0.2) is 9.78 Å².